The van der Waals surface area contributed by atoms with Crippen molar-refractivity contribution in [2.24, 2.45) is 11.5 Å². The summed E-state index contributed by atoms with van der Waals surface area (Å²) in [7, 11) is 0. The molecule has 100 valence electrons. The lowest BCUT2D eigenvalue weighted by Gasteiger charge is -1.88. The van der Waals surface area contributed by atoms with E-state index >= 15 is 0 Å². The zero-order valence-electron chi connectivity index (χ0n) is 11.0. The van der Waals surface area contributed by atoms with Crippen molar-refractivity contribution in [3.8, 4) is 0 Å². The Hall–Kier alpha value is -1.66. The number of nitrogens with two attached hydrogens (primary N) is 2. The smallest absolute Gasteiger partial charge is 0.103 e. The predicted octanol–water partition coefficient (Wildman–Crippen LogP) is 0.439. The molecule has 0 aliphatic rings. The van der Waals surface area contributed by atoms with E-state index in [9.17, 15) is 0 Å². The first kappa shape index (κ1) is 14.4. The van der Waals surface area contributed by atoms with Crippen LogP contribution in [0.15, 0.2) is 12.4 Å². The monoisotopic (exact) mass is 250 g/mol. The van der Waals surface area contributed by atoms with E-state index in [1.807, 2.05) is 26.2 Å². The molecule has 0 radical (unpaired) electrons. The summed E-state index contributed by atoms with van der Waals surface area (Å²) in [5.41, 5.74) is 12.9. The maximum Gasteiger partial charge on any atom is 0.103 e. The van der Waals surface area contributed by atoms with E-state index < -0.39 is 0 Å². The summed E-state index contributed by atoms with van der Waals surface area (Å²) >= 11 is 0. The first-order chi connectivity index (χ1) is 8.65. The predicted molar refractivity (Wildman–Crippen MR) is 72.2 cm³/mol. The number of aryl methyl sites for hydroxylation is 2. The SMILES string of the molecule is Cc1ncc(CCN)[nH]1.Cc1ncc(CCN)[nH]1. The Kier molecular flexibility index (Phi) is 6.10. The number of hydrogen-bond donors (Lipinski definition) is 4. The quantitative estimate of drug-likeness (QED) is 0.631. The molecule has 0 unspecified atom stereocenters. The van der Waals surface area contributed by atoms with Crippen LogP contribution in [-0.4, -0.2) is 33.0 Å². The maximum absolute atomic E-state index is 5.32. The zero-order valence-corrected chi connectivity index (χ0v) is 11.0. The van der Waals surface area contributed by atoms with Gasteiger partial charge >= 0.3 is 0 Å². The van der Waals surface area contributed by atoms with E-state index in [0.29, 0.717) is 13.1 Å². The Morgan fingerprint density at radius 1 is 0.889 bits per heavy atom. The number of H-pyrrole nitrogens is 2. The van der Waals surface area contributed by atoms with Gasteiger partial charge in [0.25, 0.3) is 0 Å². The van der Waals surface area contributed by atoms with Crippen LogP contribution in [0, 0.1) is 13.8 Å². The van der Waals surface area contributed by atoms with Gasteiger partial charge in [-0.3, -0.25) is 0 Å². The molecule has 0 spiro atoms. The Balaban J connectivity index is 0.000000180. The fourth-order valence-corrected chi connectivity index (χ4v) is 1.51. The Bertz CT molecular complexity index is 403. The molecule has 6 N–H and O–H groups in total. The summed E-state index contributed by atoms with van der Waals surface area (Å²) in [4.78, 5) is 14.2. The van der Waals surface area contributed by atoms with Crippen LogP contribution in [-0.2, 0) is 12.8 Å². The Morgan fingerprint density at radius 2 is 1.28 bits per heavy atom. The van der Waals surface area contributed by atoms with Crippen LogP contribution in [0.25, 0.3) is 0 Å². The molecule has 6 nitrogen and oxygen atoms in total. The average molecular weight is 250 g/mol. The lowest BCUT2D eigenvalue weighted by Crippen LogP contribution is -2.02. The minimum Gasteiger partial charge on any atom is -0.346 e. The highest BCUT2D eigenvalue weighted by molar-refractivity contribution is 5.00. The third-order valence-electron chi connectivity index (χ3n) is 2.34. The van der Waals surface area contributed by atoms with Gasteiger partial charge in [0.15, 0.2) is 0 Å². The van der Waals surface area contributed by atoms with Crippen molar-refractivity contribution >= 4 is 0 Å². The van der Waals surface area contributed by atoms with Crippen molar-refractivity contribution in [3.63, 3.8) is 0 Å². The van der Waals surface area contributed by atoms with E-state index in [0.717, 1.165) is 35.9 Å². The van der Waals surface area contributed by atoms with Crippen molar-refractivity contribution in [1.29, 1.82) is 0 Å². The highest BCUT2D eigenvalue weighted by Crippen LogP contribution is 1.94. The minimum atomic E-state index is 0.682. The fourth-order valence-electron chi connectivity index (χ4n) is 1.51. The van der Waals surface area contributed by atoms with Crippen molar-refractivity contribution in [3.05, 3.63) is 35.4 Å². The number of imidazole rings is 2. The maximum atomic E-state index is 5.32. The fraction of sp³-hybridized carbons (Fsp3) is 0.500. The third-order valence-corrected chi connectivity index (χ3v) is 2.34. The molecule has 0 fully saturated rings. The number of aromatic amines is 2. The van der Waals surface area contributed by atoms with E-state index in [1.54, 1.807) is 0 Å². The van der Waals surface area contributed by atoms with Crippen LogP contribution < -0.4 is 11.5 Å². The van der Waals surface area contributed by atoms with Gasteiger partial charge in [0.2, 0.25) is 0 Å². The molecular weight excluding hydrogens is 228 g/mol. The number of nitrogens with one attached hydrogen (secondary N) is 2. The van der Waals surface area contributed by atoms with Crippen LogP contribution in [0.4, 0.5) is 0 Å². The molecular formula is C12H22N6. The molecule has 0 aromatic carbocycles. The lowest BCUT2D eigenvalue weighted by atomic mass is 10.3. The molecule has 6 heteroatoms. The minimum absolute atomic E-state index is 0.682. The lowest BCUT2D eigenvalue weighted by molar-refractivity contribution is 0.929. The van der Waals surface area contributed by atoms with Gasteiger partial charge in [-0.15, -0.1) is 0 Å². The average Bonchev–Trinajstić information content (AvgIpc) is 2.90. The molecule has 18 heavy (non-hydrogen) atoms. The van der Waals surface area contributed by atoms with E-state index in [-0.39, 0.29) is 0 Å². The second-order valence-electron chi connectivity index (χ2n) is 4.07. The molecule has 0 bridgehead atoms. The van der Waals surface area contributed by atoms with Crippen LogP contribution >= 0.6 is 0 Å². The number of hydrogen-bond acceptors (Lipinski definition) is 4. The van der Waals surface area contributed by atoms with Gasteiger partial charge in [-0.05, 0) is 26.9 Å². The molecule has 0 aliphatic heterocycles. The molecule has 2 aromatic heterocycles. The standard InChI is InChI=1S/2C6H11N3/c2*1-5-8-4-6(9-5)2-3-7/h2*4H,2-3,7H2,1H3,(H,8,9). The van der Waals surface area contributed by atoms with Crippen LogP contribution in [0.3, 0.4) is 0 Å². The van der Waals surface area contributed by atoms with Gasteiger partial charge in [0.1, 0.15) is 11.6 Å². The summed E-state index contributed by atoms with van der Waals surface area (Å²) < 4.78 is 0. The van der Waals surface area contributed by atoms with Gasteiger partial charge < -0.3 is 21.4 Å². The second kappa shape index (κ2) is 7.62. The number of aromatic nitrogens is 4. The molecule has 0 saturated carbocycles. The topological polar surface area (TPSA) is 109 Å². The van der Waals surface area contributed by atoms with Gasteiger partial charge in [-0.2, -0.15) is 0 Å². The molecule has 0 amide bonds. The molecule has 0 atom stereocenters. The van der Waals surface area contributed by atoms with E-state index in [4.69, 9.17) is 11.5 Å². The third kappa shape index (κ3) is 5.11. The van der Waals surface area contributed by atoms with Crippen LogP contribution in [0.1, 0.15) is 23.0 Å². The second-order valence-corrected chi connectivity index (χ2v) is 4.07. The van der Waals surface area contributed by atoms with Gasteiger partial charge in [-0.1, -0.05) is 0 Å². The largest absolute Gasteiger partial charge is 0.346 e. The normalized spacial score (nSPS) is 10.0. The van der Waals surface area contributed by atoms with Crippen molar-refractivity contribution in [2.75, 3.05) is 13.1 Å². The van der Waals surface area contributed by atoms with Crippen LogP contribution in [0.2, 0.25) is 0 Å². The summed E-state index contributed by atoms with van der Waals surface area (Å²) in [6.45, 7) is 5.23. The number of rotatable bonds is 4. The molecule has 0 aliphatic carbocycles. The number of nitrogens with zero attached hydrogens (tertiary/aromatic N) is 2. The molecule has 2 aromatic rings. The summed E-state index contributed by atoms with van der Waals surface area (Å²) in [6.07, 6.45) is 5.42. The molecule has 2 heterocycles. The highest BCUT2D eigenvalue weighted by Gasteiger charge is 1.92. The van der Waals surface area contributed by atoms with Gasteiger partial charge in [-0.25, -0.2) is 9.97 Å². The Labute approximate surface area is 107 Å². The van der Waals surface area contributed by atoms with Gasteiger partial charge in [0, 0.05) is 36.6 Å². The van der Waals surface area contributed by atoms with Crippen molar-refractivity contribution in [2.45, 2.75) is 26.7 Å². The first-order valence-corrected chi connectivity index (χ1v) is 6.06. The van der Waals surface area contributed by atoms with Crippen LogP contribution in [0.5, 0.6) is 0 Å². The Morgan fingerprint density at radius 3 is 1.50 bits per heavy atom. The first-order valence-electron chi connectivity index (χ1n) is 6.06. The summed E-state index contributed by atoms with van der Waals surface area (Å²) in [5, 5.41) is 0. The summed E-state index contributed by atoms with van der Waals surface area (Å²) in [5.74, 6) is 1.91. The molecule has 2 rings (SSSR count). The van der Waals surface area contributed by atoms with Gasteiger partial charge in [0.05, 0.1) is 0 Å². The van der Waals surface area contributed by atoms with E-state index in [1.165, 1.54) is 0 Å². The highest BCUT2D eigenvalue weighted by atomic mass is 14.9. The molecule has 0 saturated heterocycles. The van der Waals surface area contributed by atoms with E-state index in [2.05, 4.69) is 19.9 Å². The zero-order chi connectivity index (χ0) is 13.4. The van der Waals surface area contributed by atoms with Crippen molar-refractivity contribution < 1.29 is 0 Å². The summed E-state index contributed by atoms with van der Waals surface area (Å²) in [6, 6.07) is 0. The van der Waals surface area contributed by atoms with Crippen molar-refractivity contribution in [1.82, 2.24) is 19.9 Å².